The number of benzene rings is 3. The number of para-hydroxylation sites is 1. The van der Waals surface area contributed by atoms with Crippen molar-refractivity contribution in [1.29, 1.82) is 0 Å². The summed E-state index contributed by atoms with van der Waals surface area (Å²) in [5.41, 5.74) is 2.47. The van der Waals surface area contributed by atoms with Crippen LogP contribution in [0.5, 0.6) is 5.75 Å². The number of hydrogen-bond donors (Lipinski definition) is 2. The van der Waals surface area contributed by atoms with Crippen LogP contribution in [0.4, 0.5) is 14.9 Å². The molecule has 1 aliphatic heterocycles. The molecule has 7 nitrogen and oxygen atoms in total. The van der Waals surface area contributed by atoms with E-state index in [2.05, 4.69) is 10.6 Å². The van der Waals surface area contributed by atoms with E-state index in [9.17, 15) is 18.8 Å². The molecule has 0 aliphatic carbocycles. The monoisotopic (exact) mass is 459 g/mol. The zero-order valence-electron chi connectivity index (χ0n) is 18.4. The molecule has 0 unspecified atom stereocenters. The maximum atomic E-state index is 13.9. The van der Waals surface area contributed by atoms with Gasteiger partial charge in [0.1, 0.15) is 30.4 Å². The van der Waals surface area contributed by atoms with Crippen molar-refractivity contribution in [2.24, 2.45) is 0 Å². The summed E-state index contributed by atoms with van der Waals surface area (Å²) in [6, 6.07) is 19.7. The third-order valence-electron chi connectivity index (χ3n) is 5.13. The second-order valence-corrected chi connectivity index (χ2v) is 7.72. The van der Waals surface area contributed by atoms with Crippen LogP contribution in [0.25, 0.3) is 6.08 Å². The van der Waals surface area contributed by atoms with E-state index in [0.717, 1.165) is 10.5 Å². The van der Waals surface area contributed by atoms with E-state index in [4.69, 9.17) is 4.74 Å². The molecule has 0 radical (unpaired) electrons. The van der Waals surface area contributed by atoms with Crippen LogP contribution < -0.4 is 15.4 Å². The molecule has 1 fully saturated rings. The van der Waals surface area contributed by atoms with Gasteiger partial charge in [-0.15, -0.1) is 0 Å². The quantitative estimate of drug-likeness (QED) is 0.409. The molecule has 1 saturated heterocycles. The van der Waals surface area contributed by atoms with Crippen molar-refractivity contribution < 1.29 is 23.5 Å². The highest BCUT2D eigenvalue weighted by Gasteiger charge is 2.35. The fourth-order valence-electron chi connectivity index (χ4n) is 3.44. The molecular formula is C26H22FN3O4. The minimum atomic E-state index is -0.694. The molecule has 1 aliphatic rings. The first kappa shape index (κ1) is 22.7. The van der Waals surface area contributed by atoms with Gasteiger partial charge in [-0.05, 0) is 42.8 Å². The first-order chi connectivity index (χ1) is 16.4. The number of aryl methyl sites for hydroxylation is 1. The van der Waals surface area contributed by atoms with Crippen molar-refractivity contribution in [3.63, 3.8) is 0 Å². The van der Waals surface area contributed by atoms with E-state index in [1.54, 1.807) is 60.7 Å². The molecular weight excluding hydrogens is 437 g/mol. The van der Waals surface area contributed by atoms with E-state index in [1.165, 1.54) is 12.1 Å². The number of nitrogens with zero attached hydrogens (tertiary/aromatic N) is 1. The summed E-state index contributed by atoms with van der Waals surface area (Å²) in [5, 5.41) is 5.17. The summed E-state index contributed by atoms with van der Waals surface area (Å²) < 4.78 is 19.7. The summed E-state index contributed by atoms with van der Waals surface area (Å²) >= 11 is 0. The van der Waals surface area contributed by atoms with Gasteiger partial charge >= 0.3 is 6.03 Å². The van der Waals surface area contributed by atoms with Crippen molar-refractivity contribution >= 4 is 29.6 Å². The number of carbonyl (C=O) groups is 3. The topological polar surface area (TPSA) is 87.7 Å². The number of carbonyl (C=O) groups excluding carboxylic acids is 3. The number of imide groups is 1. The smallest absolute Gasteiger partial charge is 0.329 e. The van der Waals surface area contributed by atoms with Crippen LogP contribution in [-0.4, -0.2) is 29.3 Å². The number of hydrogen-bond acceptors (Lipinski definition) is 4. The minimum absolute atomic E-state index is 0.00157. The summed E-state index contributed by atoms with van der Waals surface area (Å²) in [5.74, 6) is -1.09. The first-order valence-corrected chi connectivity index (χ1v) is 10.6. The number of anilines is 1. The maximum Gasteiger partial charge on any atom is 0.329 e. The van der Waals surface area contributed by atoms with E-state index < -0.39 is 24.4 Å². The number of urea groups is 1. The van der Waals surface area contributed by atoms with E-state index in [-0.39, 0.29) is 18.1 Å². The predicted molar refractivity (Wildman–Crippen MR) is 125 cm³/mol. The normalized spacial score (nSPS) is 14.3. The molecule has 4 rings (SSSR count). The van der Waals surface area contributed by atoms with Crippen LogP contribution in [0.1, 0.15) is 16.7 Å². The Hall–Kier alpha value is -4.46. The third kappa shape index (κ3) is 5.29. The maximum absolute atomic E-state index is 13.9. The number of nitrogens with one attached hydrogen (secondary N) is 2. The van der Waals surface area contributed by atoms with Gasteiger partial charge in [0.2, 0.25) is 5.91 Å². The van der Waals surface area contributed by atoms with Crippen molar-refractivity contribution in [3.8, 4) is 5.75 Å². The Bertz CT molecular complexity index is 1290. The summed E-state index contributed by atoms with van der Waals surface area (Å²) in [4.78, 5) is 38.4. The molecule has 1 heterocycles. The van der Waals surface area contributed by atoms with E-state index in [0.29, 0.717) is 22.6 Å². The van der Waals surface area contributed by atoms with Gasteiger partial charge < -0.3 is 15.4 Å². The van der Waals surface area contributed by atoms with Crippen LogP contribution in [0.2, 0.25) is 0 Å². The predicted octanol–water partition coefficient (Wildman–Crippen LogP) is 4.24. The minimum Gasteiger partial charge on any atom is -0.488 e. The molecule has 4 amide bonds. The first-order valence-electron chi connectivity index (χ1n) is 10.6. The number of halogens is 1. The highest BCUT2D eigenvalue weighted by atomic mass is 19.1. The Morgan fingerprint density at radius 1 is 1.06 bits per heavy atom. The van der Waals surface area contributed by atoms with Crippen molar-refractivity contribution in [3.05, 3.63) is 101 Å². The Morgan fingerprint density at radius 2 is 1.82 bits per heavy atom. The fourth-order valence-corrected chi connectivity index (χ4v) is 3.44. The zero-order valence-corrected chi connectivity index (χ0v) is 18.4. The third-order valence-corrected chi connectivity index (χ3v) is 5.13. The van der Waals surface area contributed by atoms with Crippen LogP contribution in [0.3, 0.4) is 0 Å². The van der Waals surface area contributed by atoms with Gasteiger partial charge in [0.05, 0.1) is 0 Å². The molecule has 0 atom stereocenters. The largest absolute Gasteiger partial charge is 0.488 e. The molecule has 8 heteroatoms. The molecule has 0 spiro atoms. The summed E-state index contributed by atoms with van der Waals surface area (Å²) in [6.07, 6.45) is 1.47. The molecule has 0 bridgehead atoms. The molecule has 3 aromatic rings. The summed E-state index contributed by atoms with van der Waals surface area (Å²) in [6.45, 7) is 1.46. The van der Waals surface area contributed by atoms with Crippen LogP contribution >= 0.6 is 0 Å². The van der Waals surface area contributed by atoms with Crippen LogP contribution in [0.15, 0.2) is 78.5 Å². The lowest BCUT2D eigenvalue weighted by Crippen LogP contribution is -2.38. The number of ether oxygens (including phenoxy) is 1. The zero-order chi connectivity index (χ0) is 24.1. The highest BCUT2D eigenvalue weighted by molar-refractivity contribution is 6.16. The highest BCUT2D eigenvalue weighted by Crippen LogP contribution is 2.24. The van der Waals surface area contributed by atoms with Gasteiger partial charge in [0, 0.05) is 16.8 Å². The lowest BCUT2D eigenvalue weighted by molar-refractivity contribution is -0.127. The lowest BCUT2D eigenvalue weighted by atomic mass is 10.1. The molecule has 172 valence electrons. The van der Waals surface area contributed by atoms with Gasteiger partial charge in [0.15, 0.2) is 0 Å². The van der Waals surface area contributed by atoms with Gasteiger partial charge in [-0.3, -0.25) is 9.59 Å². The second kappa shape index (κ2) is 9.99. The van der Waals surface area contributed by atoms with Crippen LogP contribution in [0, 0.1) is 12.7 Å². The Balaban J connectivity index is 1.46. The molecule has 34 heavy (non-hydrogen) atoms. The fraction of sp³-hybridized carbons (Fsp3) is 0.115. The van der Waals surface area contributed by atoms with Gasteiger partial charge in [-0.1, -0.05) is 48.5 Å². The van der Waals surface area contributed by atoms with E-state index in [1.807, 2.05) is 13.0 Å². The average Bonchev–Trinajstić information content (AvgIpc) is 3.06. The lowest BCUT2D eigenvalue weighted by Gasteiger charge is -2.12. The number of amides is 4. The molecule has 3 aromatic carbocycles. The van der Waals surface area contributed by atoms with Crippen LogP contribution in [-0.2, 0) is 16.2 Å². The SMILES string of the molecule is Cc1cccc(NC(=O)CN2C(=O)N/C(=C/c3ccccc3OCc3ccccc3F)C2=O)c1. The Kier molecular flexibility index (Phi) is 6.68. The van der Waals surface area contributed by atoms with Crippen molar-refractivity contribution in [1.82, 2.24) is 10.2 Å². The molecule has 0 aromatic heterocycles. The van der Waals surface area contributed by atoms with Gasteiger partial charge in [-0.25, -0.2) is 14.1 Å². The standard InChI is InChI=1S/C26H22FN3O4/c1-17-7-6-10-20(13-17)28-24(31)15-30-25(32)22(29-26(30)33)14-18-8-3-5-12-23(18)34-16-19-9-2-4-11-21(19)27/h2-14H,15-16H2,1H3,(H,28,31)(H,29,33)/b22-14+. The molecule has 2 N–H and O–H groups in total. The average molecular weight is 459 g/mol. The second-order valence-electron chi connectivity index (χ2n) is 7.72. The Morgan fingerprint density at radius 3 is 2.62 bits per heavy atom. The molecule has 0 saturated carbocycles. The van der Waals surface area contributed by atoms with Gasteiger partial charge in [-0.2, -0.15) is 0 Å². The summed E-state index contributed by atoms with van der Waals surface area (Å²) in [7, 11) is 0. The Labute approximate surface area is 195 Å². The van der Waals surface area contributed by atoms with Crippen molar-refractivity contribution in [2.75, 3.05) is 11.9 Å². The van der Waals surface area contributed by atoms with Gasteiger partial charge in [0.25, 0.3) is 5.91 Å². The van der Waals surface area contributed by atoms with E-state index >= 15 is 0 Å². The van der Waals surface area contributed by atoms with Crippen molar-refractivity contribution in [2.45, 2.75) is 13.5 Å². The number of rotatable bonds is 7.